The number of sulfonamides is 1. The molecule has 0 unspecified atom stereocenters. The minimum atomic E-state index is -3.97. The lowest BCUT2D eigenvalue weighted by atomic mass is 10.2. The zero-order chi connectivity index (χ0) is 19.3. The second kappa shape index (κ2) is 6.76. The zero-order valence-electron chi connectivity index (χ0n) is 14.4. The van der Waals surface area contributed by atoms with Gasteiger partial charge in [-0.25, -0.2) is 12.7 Å². The van der Waals surface area contributed by atoms with Crippen LogP contribution in [0, 0.1) is 6.92 Å². The van der Waals surface area contributed by atoms with Crippen LogP contribution in [0.3, 0.4) is 0 Å². The normalized spacial score (nSPS) is 17.4. The molecule has 1 aliphatic rings. The van der Waals surface area contributed by atoms with E-state index in [1.165, 1.54) is 0 Å². The van der Waals surface area contributed by atoms with Gasteiger partial charge in [-0.1, -0.05) is 51.8 Å². The summed E-state index contributed by atoms with van der Waals surface area (Å²) in [6, 6.07) is 13.7. The van der Waals surface area contributed by atoms with E-state index in [1.807, 2.05) is 35.8 Å². The number of nitrogens with zero attached hydrogens (tertiary/aromatic N) is 2. The molecule has 3 aromatic rings. The van der Waals surface area contributed by atoms with Crippen molar-refractivity contribution in [3.8, 4) is 0 Å². The van der Waals surface area contributed by atoms with Gasteiger partial charge in [0.15, 0.2) is 0 Å². The van der Waals surface area contributed by atoms with Gasteiger partial charge in [-0.15, -0.1) is 0 Å². The number of aryl methyl sites for hydroxylation is 1. The van der Waals surface area contributed by atoms with Crippen molar-refractivity contribution in [2.75, 3.05) is 5.33 Å². The maximum Gasteiger partial charge on any atom is 0.285 e. The van der Waals surface area contributed by atoms with E-state index < -0.39 is 22.0 Å². The number of fused-ring (bicyclic) bond motifs is 3. The van der Waals surface area contributed by atoms with E-state index in [0.717, 1.165) is 20.8 Å². The minimum absolute atomic E-state index is 0.119. The maximum atomic E-state index is 13.3. The van der Waals surface area contributed by atoms with Gasteiger partial charge in [0, 0.05) is 22.8 Å². The van der Waals surface area contributed by atoms with Crippen LogP contribution < -0.4 is 0 Å². The Kier molecular flexibility index (Phi) is 4.68. The van der Waals surface area contributed by atoms with Gasteiger partial charge in [0.05, 0.1) is 15.4 Å². The highest BCUT2D eigenvalue weighted by molar-refractivity contribution is 9.10. The van der Waals surface area contributed by atoms with Gasteiger partial charge in [-0.05, 0) is 41.1 Å². The molecule has 8 heteroatoms. The fourth-order valence-corrected chi connectivity index (χ4v) is 6.41. The molecule has 5 nitrogen and oxygen atoms in total. The van der Waals surface area contributed by atoms with Gasteiger partial charge in [0.25, 0.3) is 15.9 Å². The Morgan fingerprint density at radius 3 is 2.44 bits per heavy atom. The number of aromatic nitrogens is 1. The van der Waals surface area contributed by atoms with Crippen molar-refractivity contribution in [3.05, 3.63) is 64.3 Å². The third-order valence-corrected chi connectivity index (χ3v) is 8.19. The molecular weight excluding hydrogens is 496 g/mol. The molecule has 1 aliphatic heterocycles. The van der Waals surface area contributed by atoms with Crippen molar-refractivity contribution in [2.24, 2.45) is 0 Å². The highest BCUT2D eigenvalue weighted by Crippen LogP contribution is 2.37. The molecule has 4 rings (SSSR count). The van der Waals surface area contributed by atoms with Gasteiger partial charge in [-0.3, -0.25) is 4.79 Å². The number of carbonyl (C=O) groups is 1. The lowest BCUT2D eigenvalue weighted by molar-refractivity contribution is 0.0778. The van der Waals surface area contributed by atoms with Gasteiger partial charge in [-0.2, -0.15) is 0 Å². The average molecular weight is 512 g/mol. The summed E-state index contributed by atoms with van der Waals surface area (Å²) in [5, 5.41) is 1.25. The van der Waals surface area contributed by atoms with E-state index in [4.69, 9.17) is 0 Å². The summed E-state index contributed by atoms with van der Waals surface area (Å²) >= 11 is 6.90. The molecule has 0 aliphatic carbocycles. The fourth-order valence-electron chi connectivity index (χ4n) is 3.46. The van der Waals surface area contributed by atoms with Crippen LogP contribution in [-0.4, -0.2) is 34.6 Å². The molecule has 0 saturated carbocycles. The zero-order valence-corrected chi connectivity index (χ0v) is 18.4. The quantitative estimate of drug-likeness (QED) is 0.492. The summed E-state index contributed by atoms with van der Waals surface area (Å²) < 4.78 is 30.1. The van der Waals surface area contributed by atoms with E-state index >= 15 is 0 Å². The predicted octanol–water partition coefficient (Wildman–Crippen LogP) is 4.32. The van der Waals surface area contributed by atoms with Crippen molar-refractivity contribution in [1.82, 2.24) is 8.87 Å². The highest BCUT2D eigenvalue weighted by Gasteiger charge is 2.42. The summed E-state index contributed by atoms with van der Waals surface area (Å²) in [6.07, 6.45) is 0. The van der Waals surface area contributed by atoms with Crippen LogP contribution in [0.5, 0.6) is 0 Å². The SMILES string of the molecule is Cc1ccc(S(=O)(=O)N2C(=O)c3c(Br)c4ccccc4n3C[C@H]2CBr)cc1. The van der Waals surface area contributed by atoms with Crippen LogP contribution >= 0.6 is 31.9 Å². The Labute approximate surface area is 174 Å². The summed E-state index contributed by atoms with van der Waals surface area (Å²) in [5.74, 6) is -0.519. The highest BCUT2D eigenvalue weighted by atomic mass is 79.9. The Morgan fingerprint density at radius 1 is 1.11 bits per heavy atom. The van der Waals surface area contributed by atoms with E-state index in [9.17, 15) is 13.2 Å². The molecule has 2 heterocycles. The second-order valence-electron chi connectivity index (χ2n) is 6.52. The van der Waals surface area contributed by atoms with E-state index in [0.29, 0.717) is 22.0 Å². The monoisotopic (exact) mass is 510 g/mol. The summed E-state index contributed by atoms with van der Waals surface area (Å²) in [6.45, 7) is 2.28. The molecule has 1 aromatic heterocycles. The first-order chi connectivity index (χ1) is 12.9. The number of halogens is 2. The molecule has 0 bridgehead atoms. The standard InChI is InChI=1S/C19H16Br2N2O3S/c1-12-6-8-14(9-7-12)27(25,26)23-13(10-20)11-22-16-5-3-2-4-15(16)17(21)18(22)19(23)24/h2-9,13H,10-11H2,1H3/t13-/m1/s1. The summed E-state index contributed by atoms with van der Waals surface area (Å²) in [5.41, 5.74) is 2.23. The maximum absolute atomic E-state index is 13.3. The number of alkyl halides is 1. The number of benzene rings is 2. The topological polar surface area (TPSA) is 59.4 Å². The first-order valence-corrected chi connectivity index (χ1v) is 11.7. The average Bonchev–Trinajstić information content (AvgIpc) is 2.94. The van der Waals surface area contributed by atoms with Crippen molar-refractivity contribution in [1.29, 1.82) is 0 Å². The lowest BCUT2D eigenvalue weighted by Gasteiger charge is -2.35. The molecule has 0 saturated heterocycles. The second-order valence-corrected chi connectivity index (χ2v) is 9.77. The molecule has 0 radical (unpaired) electrons. The van der Waals surface area contributed by atoms with Gasteiger partial charge in [0.2, 0.25) is 0 Å². The molecule has 0 spiro atoms. The smallest absolute Gasteiger partial charge is 0.285 e. The van der Waals surface area contributed by atoms with Gasteiger partial charge < -0.3 is 4.57 Å². The van der Waals surface area contributed by atoms with Crippen LogP contribution in [0.4, 0.5) is 0 Å². The number of amides is 1. The lowest BCUT2D eigenvalue weighted by Crippen LogP contribution is -2.51. The van der Waals surface area contributed by atoms with Crippen molar-refractivity contribution in [3.63, 3.8) is 0 Å². The molecule has 1 atom stereocenters. The number of rotatable bonds is 3. The third kappa shape index (κ3) is 2.85. The molecule has 140 valence electrons. The first-order valence-electron chi connectivity index (χ1n) is 8.34. The van der Waals surface area contributed by atoms with Crippen LogP contribution in [0.1, 0.15) is 16.1 Å². The van der Waals surface area contributed by atoms with E-state index in [-0.39, 0.29) is 4.90 Å². The van der Waals surface area contributed by atoms with Crippen molar-refractivity contribution < 1.29 is 13.2 Å². The molecule has 0 N–H and O–H groups in total. The van der Waals surface area contributed by atoms with Gasteiger partial charge in [0.1, 0.15) is 5.69 Å². The summed E-state index contributed by atoms with van der Waals surface area (Å²) in [7, 11) is -3.97. The Hall–Kier alpha value is -1.64. The number of carbonyl (C=O) groups excluding carboxylic acids is 1. The molecular formula is C19H16Br2N2O3S. The Balaban J connectivity index is 1.90. The Morgan fingerprint density at radius 2 is 1.78 bits per heavy atom. The number of hydrogen-bond acceptors (Lipinski definition) is 3. The van der Waals surface area contributed by atoms with E-state index in [2.05, 4.69) is 31.9 Å². The van der Waals surface area contributed by atoms with Crippen LogP contribution in [0.15, 0.2) is 57.9 Å². The minimum Gasteiger partial charge on any atom is -0.333 e. The number of hydrogen-bond donors (Lipinski definition) is 0. The molecule has 0 fully saturated rings. The van der Waals surface area contributed by atoms with Crippen LogP contribution in [0.2, 0.25) is 0 Å². The largest absolute Gasteiger partial charge is 0.333 e. The summed E-state index contributed by atoms with van der Waals surface area (Å²) in [4.78, 5) is 13.5. The molecule has 27 heavy (non-hydrogen) atoms. The van der Waals surface area contributed by atoms with Crippen molar-refractivity contribution in [2.45, 2.75) is 24.4 Å². The van der Waals surface area contributed by atoms with E-state index in [1.54, 1.807) is 24.3 Å². The molecule has 2 aromatic carbocycles. The van der Waals surface area contributed by atoms with Gasteiger partial charge >= 0.3 is 0 Å². The van der Waals surface area contributed by atoms with Crippen LogP contribution in [-0.2, 0) is 16.6 Å². The first kappa shape index (κ1) is 18.7. The third-order valence-electron chi connectivity index (χ3n) is 4.79. The predicted molar refractivity (Wildman–Crippen MR) is 112 cm³/mol. The number of para-hydroxylation sites is 1. The fraction of sp³-hybridized carbons (Fsp3) is 0.211. The molecule has 1 amide bonds. The Bertz CT molecular complexity index is 1150. The van der Waals surface area contributed by atoms with Crippen LogP contribution in [0.25, 0.3) is 10.9 Å². The van der Waals surface area contributed by atoms with Crippen molar-refractivity contribution >= 4 is 58.7 Å².